The maximum Gasteiger partial charge on any atom is 0.251 e. The van der Waals surface area contributed by atoms with E-state index in [2.05, 4.69) is 20.9 Å². The van der Waals surface area contributed by atoms with Crippen LogP contribution in [0.4, 0.5) is 0 Å². The van der Waals surface area contributed by atoms with Crippen molar-refractivity contribution < 1.29 is 14.3 Å². The molecule has 0 spiro atoms. The highest BCUT2D eigenvalue weighted by molar-refractivity contribution is 5.94. The zero-order valence-electron chi connectivity index (χ0n) is 17.9. The van der Waals surface area contributed by atoms with E-state index < -0.39 is 0 Å². The highest BCUT2D eigenvalue weighted by Gasteiger charge is 2.15. The van der Waals surface area contributed by atoms with Crippen molar-refractivity contribution in [3.63, 3.8) is 0 Å². The fourth-order valence-corrected chi connectivity index (χ4v) is 2.90. The van der Waals surface area contributed by atoms with E-state index in [1.807, 2.05) is 43.3 Å². The van der Waals surface area contributed by atoms with Crippen LogP contribution in [-0.2, 0) is 16.0 Å². The van der Waals surface area contributed by atoms with E-state index in [1.165, 1.54) is 0 Å². The van der Waals surface area contributed by atoms with Gasteiger partial charge in [-0.05, 0) is 44.6 Å². The highest BCUT2D eigenvalue weighted by atomic mass is 16.5. The van der Waals surface area contributed by atoms with Gasteiger partial charge < -0.3 is 30.3 Å². The molecular formula is C21H35N5O3. The van der Waals surface area contributed by atoms with Crippen molar-refractivity contribution in [2.75, 3.05) is 60.6 Å². The van der Waals surface area contributed by atoms with Crippen LogP contribution in [0.5, 0.6) is 0 Å². The van der Waals surface area contributed by atoms with Crippen LogP contribution in [0.25, 0.3) is 0 Å². The molecule has 1 aliphatic heterocycles. The first-order valence-corrected chi connectivity index (χ1v) is 10.2. The molecule has 2 rings (SSSR count). The molecule has 1 atom stereocenters. The maximum atomic E-state index is 12.3. The Labute approximate surface area is 174 Å². The number of ether oxygens (including phenoxy) is 2. The minimum Gasteiger partial charge on any atom is -0.379 e. The molecule has 1 aliphatic rings. The Bertz CT molecular complexity index is 645. The number of likely N-dealkylation sites (N-methyl/N-ethyl adjacent to an activating group) is 1. The van der Waals surface area contributed by atoms with Crippen LogP contribution < -0.4 is 16.0 Å². The van der Waals surface area contributed by atoms with E-state index >= 15 is 0 Å². The third kappa shape index (κ3) is 9.25. The molecule has 0 radical (unpaired) electrons. The van der Waals surface area contributed by atoms with Gasteiger partial charge in [-0.15, -0.1) is 0 Å². The average molecular weight is 406 g/mol. The maximum absolute atomic E-state index is 12.3. The van der Waals surface area contributed by atoms with Crippen molar-refractivity contribution in [2.24, 2.45) is 4.99 Å². The van der Waals surface area contributed by atoms with Gasteiger partial charge in [0.15, 0.2) is 5.96 Å². The number of carbonyl (C=O) groups excluding carboxylic acids is 1. The Morgan fingerprint density at radius 2 is 2.14 bits per heavy atom. The van der Waals surface area contributed by atoms with Crippen molar-refractivity contribution in [2.45, 2.75) is 25.5 Å². The molecule has 29 heavy (non-hydrogen) atoms. The monoisotopic (exact) mass is 405 g/mol. The second-order valence-electron chi connectivity index (χ2n) is 7.32. The molecule has 1 heterocycles. The first-order valence-electron chi connectivity index (χ1n) is 10.2. The Balaban J connectivity index is 1.68. The van der Waals surface area contributed by atoms with Gasteiger partial charge in [-0.3, -0.25) is 9.79 Å². The van der Waals surface area contributed by atoms with Gasteiger partial charge in [-0.25, -0.2) is 0 Å². The summed E-state index contributed by atoms with van der Waals surface area (Å²) in [4.78, 5) is 18.5. The highest BCUT2D eigenvalue weighted by Crippen LogP contribution is 2.08. The first-order chi connectivity index (χ1) is 14.1. The summed E-state index contributed by atoms with van der Waals surface area (Å²) in [7, 11) is 5.71. The van der Waals surface area contributed by atoms with E-state index in [4.69, 9.17) is 9.47 Å². The van der Waals surface area contributed by atoms with Gasteiger partial charge >= 0.3 is 0 Å². The molecule has 8 heteroatoms. The third-order valence-corrected chi connectivity index (χ3v) is 4.57. The molecule has 0 saturated carbocycles. The molecule has 1 unspecified atom stereocenters. The predicted molar refractivity (Wildman–Crippen MR) is 115 cm³/mol. The number of hydrogen-bond acceptors (Lipinski definition) is 5. The summed E-state index contributed by atoms with van der Waals surface area (Å²) in [5.74, 6) is 0.680. The van der Waals surface area contributed by atoms with Crippen LogP contribution in [0, 0.1) is 0 Å². The van der Waals surface area contributed by atoms with Crippen LogP contribution >= 0.6 is 0 Å². The van der Waals surface area contributed by atoms with Crippen LogP contribution in [-0.4, -0.2) is 83.5 Å². The number of amides is 1. The van der Waals surface area contributed by atoms with Crippen molar-refractivity contribution in [1.82, 2.24) is 20.9 Å². The van der Waals surface area contributed by atoms with Crippen molar-refractivity contribution in [3.8, 4) is 0 Å². The third-order valence-electron chi connectivity index (χ3n) is 4.57. The summed E-state index contributed by atoms with van der Waals surface area (Å²) in [6.07, 6.45) is 2.14. The molecule has 0 bridgehead atoms. The van der Waals surface area contributed by atoms with Gasteiger partial charge in [0.1, 0.15) is 0 Å². The van der Waals surface area contributed by atoms with Gasteiger partial charge in [0.25, 0.3) is 5.91 Å². The number of aliphatic imine (C=N–C) groups is 1. The number of benzene rings is 1. The smallest absolute Gasteiger partial charge is 0.251 e. The van der Waals surface area contributed by atoms with Crippen LogP contribution in [0.2, 0.25) is 0 Å². The molecule has 1 aromatic carbocycles. The number of nitrogens with one attached hydrogen (secondary N) is 3. The zero-order valence-corrected chi connectivity index (χ0v) is 17.9. The quantitative estimate of drug-likeness (QED) is 0.287. The summed E-state index contributed by atoms with van der Waals surface area (Å²) in [6.45, 7) is 5.04. The lowest BCUT2D eigenvalue weighted by atomic mass is 10.1. The van der Waals surface area contributed by atoms with E-state index in [0.717, 1.165) is 44.1 Å². The van der Waals surface area contributed by atoms with Crippen molar-refractivity contribution in [3.05, 3.63) is 35.4 Å². The number of rotatable bonds is 11. The largest absolute Gasteiger partial charge is 0.379 e. The van der Waals surface area contributed by atoms with Gasteiger partial charge in [0.2, 0.25) is 0 Å². The number of nitrogens with zero attached hydrogens (tertiary/aromatic N) is 2. The SMILES string of the molecule is CN=C(NCCCOC1CCOC1)NCc1cccc(C(=O)NCCN(C)C)c1. The lowest BCUT2D eigenvalue weighted by Crippen LogP contribution is -2.37. The Hall–Kier alpha value is -2.16. The van der Waals surface area contributed by atoms with Crippen LogP contribution in [0.3, 0.4) is 0 Å². The van der Waals surface area contributed by atoms with Crippen molar-refractivity contribution >= 4 is 11.9 Å². The Kier molecular flexibility index (Phi) is 10.5. The van der Waals surface area contributed by atoms with E-state index in [0.29, 0.717) is 31.9 Å². The molecule has 1 amide bonds. The number of guanidine groups is 1. The molecule has 3 N–H and O–H groups in total. The molecule has 1 saturated heterocycles. The van der Waals surface area contributed by atoms with Gasteiger partial charge in [-0.2, -0.15) is 0 Å². The fourth-order valence-electron chi connectivity index (χ4n) is 2.90. The minimum absolute atomic E-state index is 0.0520. The summed E-state index contributed by atoms with van der Waals surface area (Å²) in [5.41, 5.74) is 1.69. The number of carbonyl (C=O) groups is 1. The Morgan fingerprint density at radius 3 is 2.86 bits per heavy atom. The van der Waals surface area contributed by atoms with Crippen LogP contribution in [0.15, 0.2) is 29.3 Å². The topological polar surface area (TPSA) is 87.2 Å². The minimum atomic E-state index is -0.0520. The summed E-state index contributed by atoms with van der Waals surface area (Å²) in [6, 6.07) is 7.63. The van der Waals surface area contributed by atoms with Gasteiger partial charge in [0, 0.05) is 52.0 Å². The number of hydrogen-bond donors (Lipinski definition) is 3. The first kappa shape index (κ1) is 23.1. The Morgan fingerprint density at radius 1 is 1.28 bits per heavy atom. The lowest BCUT2D eigenvalue weighted by molar-refractivity contribution is 0.0420. The van der Waals surface area contributed by atoms with E-state index in [9.17, 15) is 4.79 Å². The van der Waals surface area contributed by atoms with Crippen molar-refractivity contribution in [1.29, 1.82) is 0 Å². The summed E-state index contributed by atoms with van der Waals surface area (Å²) in [5, 5.41) is 9.50. The van der Waals surface area contributed by atoms with Crippen LogP contribution in [0.1, 0.15) is 28.8 Å². The average Bonchev–Trinajstić information content (AvgIpc) is 3.23. The molecule has 162 valence electrons. The summed E-state index contributed by atoms with van der Waals surface area (Å²) < 4.78 is 11.1. The van der Waals surface area contributed by atoms with Gasteiger partial charge in [0.05, 0.1) is 12.7 Å². The normalized spacial score (nSPS) is 16.8. The molecule has 0 aliphatic carbocycles. The second kappa shape index (κ2) is 13.1. The predicted octanol–water partition coefficient (Wildman–Crippen LogP) is 0.839. The fraction of sp³-hybridized carbons (Fsp3) is 0.619. The molecule has 1 aromatic rings. The zero-order chi connectivity index (χ0) is 20.9. The lowest BCUT2D eigenvalue weighted by Gasteiger charge is -2.14. The second-order valence-corrected chi connectivity index (χ2v) is 7.32. The summed E-state index contributed by atoms with van der Waals surface area (Å²) >= 11 is 0. The standard InChI is InChI=1S/C21H35N5O3/c1-22-21(24-9-5-12-29-19-8-13-28-16-19)25-15-17-6-4-7-18(14-17)20(27)23-10-11-26(2)3/h4,6-7,14,19H,5,8-13,15-16H2,1-3H3,(H,23,27)(H2,22,24,25). The molecule has 8 nitrogen and oxygen atoms in total. The molecular weight excluding hydrogens is 370 g/mol. The van der Waals surface area contributed by atoms with E-state index in [-0.39, 0.29) is 12.0 Å². The van der Waals surface area contributed by atoms with Gasteiger partial charge in [-0.1, -0.05) is 12.1 Å². The molecule has 1 fully saturated rings. The van der Waals surface area contributed by atoms with E-state index in [1.54, 1.807) is 7.05 Å². The molecule has 0 aromatic heterocycles.